The summed E-state index contributed by atoms with van der Waals surface area (Å²) in [6, 6.07) is 8.72. The smallest absolute Gasteiger partial charge is 0.239 e. The van der Waals surface area contributed by atoms with Gasteiger partial charge < -0.3 is 20.0 Å². The monoisotopic (exact) mass is 442 g/mol. The van der Waals surface area contributed by atoms with Crippen LogP contribution >= 0.6 is 0 Å². The zero-order valence-corrected chi connectivity index (χ0v) is 20.5. The first-order valence-corrected chi connectivity index (χ1v) is 12.3. The van der Waals surface area contributed by atoms with Gasteiger partial charge in [-0.25, -0.2) is 4.99 Å². The van der Waals surface area contributed by atoms with Crippen molar-refractivity contribution in [2.45, 2.75) is 52.7 Å². The maximum atomic E-state index is 12.8. The van der Waals surface area contributed by atoms with Crippen LogP contribution in [0.5, 0.6) is 0 Å². The minimum absolute atomic E-state index is 0.0289. The molecule has 1 N–H and O–H groups in total. The predicted octanol–water partition coefficient (Wildman–Crippen LogP) is 2.23. The molecule has 1 unspecified atom stereocenters. The number of carbonyl (C=O) groups is 1. The van der Waals surface area contributed by atoms with Crippen LogP contribution in [0.25, 0.3) is 0 Å². The molecule has 7 nitrogen and oxygen atoms in total. The largest absolute Gasteiger partial charge is 0.357 e. The number of benzene rings is 1. The van der Waals surface area contributed by atoms with E-state index in [1.165, 1.54) is 11.1 Å². The van der Waals surface area contributed by atoms with Crippen LogP contribution < -0.4 is 5.32 Å². The fourth-order valence-electron chi connectivity index (χ4n) is 4.52. The van der Waals surface area contributed by atoms with Crippen molar-refractivity contribution in [1.29, 1.82) is 0 Å². The molecule has 178 valence electrons. The number of rotatable bonds is 8. The third-order valence-electron chi connectivity index (χ3n) is 6.67. The number of aliphatic imine (C=N–C) groups is 1. The van der Waals surface area contributed by atoms with Gasteiger partial charge in [-0.1, -0.05) is 31.2 Å². The van der Waals surface area contributed by atoms with E-state index in [4.69, 9.17) is 4.99 Å². The van der Waals surface area contributed by atoms with Gasteiger partial charge >= 0.3 is 0 Å². The van der Waals surface area contributed by atoms with Gasteiger partial charge in [0, 0.05) is 52.4 Å². The third-order valence-corrected chi connectivity index (χ3v) is 6.67. The van der Waals surface area contributed by atoms with Crippen molar-refractivity contribution >= 4 is 11.9 Å². The highest BCUT2D eigenvalue weighted by atomic mass is 16.2. The molecule has 1 aromatic rings. The number of nitrogens with one attached hydrogen (secondary N) is 1. The second-order valence-corrected chi connectivity index (χ2v) is 9.05. The molecular weight excluding hydrogens is 400 g/mol. The van der Waals surface area contributed by atoms with Crippen LogP contribution in [0, 0.1) is 0 Å². The number of hydrogen-bond donors (Lipinski definition) is 1. The summed E-state index contributed by atoms with van der Waals surface area (Å²) in [5, 5.41) is 3.46. The molecule has 1 aromatic carbocycles. The van der Waals surface area contributed by atoms with E-state index in [0.29, 0.717) is 12.5 Å². The first-order chi connectivity index (χ1) is 15.5. The molecule has 0 saturated carbocycles. The number of likely N-dealkylation sites (tertiary alicyclic amines) is 1. The number of carbonyl (C=O) groups excluding carboxylic acids is 1. The number of guanidine groups is 1. The zero-order valence-electron chi connectivity index (χ0n) is 20.5. The standard InChI is InChI=1S/C25H42N6O/c1-5-26-25(27-19-22-10-9-11-23(18-22)20-28(4)6-2)31-16-14-29(15-17-31)21(3)24(32)30-12-7-8-13-30/h9-11,18,21H,5-8,12-17,19-20H2,1-4H3,(H,26,27). The summed E-state index contributed by atoms with van der Waals surface area (Å²) in [4.78, 5) is 26.7. The second-order valence-electron chi connectivity index (χ2n) is 9.05. The van der Waals surface area contributed by atoms with E-state index in [1.54, 1.807) is 0 Å². The van der Waals surface area contributed by atoms with Gasteiger partial charge in [0.15, 0.2) is 5.96 Å². The Morgan fingerprint density at radius 2 is 1.75 bits per heavy atom. The molecule has 2 aliphatic heterocycles. The van der Waals surface area contributed by atoms with Crippen molar-refractivity contribution in [1.82, 2.24) is 24.9 Å². The van der Waals surface area contributed by atoms with Crippen LogP contribution in [0.2, 0.25) is 0 Å². The quantitative estimate of drug-likeness (QED) is 0.494. The lowest BCUT2D eigenvalue weighted by Crippen LogP contribution is -2.57. The minimum atomic E-state index is -0.0289. The van der Waals surface area contributed by atoms with Crippen molar-refractivity contribution in [3.8, 4) is 0 Å². The fourth-order valence-corrected chi connectivity index (χ4v) is 4.52. The number of piperazine rings is 1. The Kier molecular flexibility index (Phi) is 9.36. The molecular formula is C25H42N6O. The van der Waals surface area contributed by atoms with Crippen LogP contribution in [-0.2, 0) is 17.9 Å². The van der Waals surface area contributed by atoms with Crippen molar-refractivity contribution in [2.24, 2.45) is 4.99 Å². The summed E-state index contributed by atoms with van der Waals surface area (Å²) in [5.74, 6) is 1.27. The summed E-state index contributed by atoms with van der Waals surface area (Å²) >= 11 is 0. The van der Waals surface area contributed by atoms with Gasteiger partial charge in [0.2, 0.25) is 5.91 Å². The van der Waals surface area contributed by atoms with E-state index in [0.717, 1.165) is 77.7 Å². The lowest BCUT2D eigenvalue weighted by Gasteiger charge is -2.39. The van der Waals surface area contributed by atoms with Gasteiger partial charge in [0.25, 0.3) is 0 Å². The van der Waals surface area contributed by atoms with Crippen molar-refractivity contribution < 1.29 is 4.79 Å². The summed E-state index contributed by atoms with van der Waals surface area (Å²) in [6.45, 7) is 15.3. The van der Waals surface area contributed by atoms with E-state index in [2.05, 4.69) is 72.1 Å². The molecule has 0 aromatic heterocycles. The number of amides is 1. The molecule has 0 spiro atoms. The maximum Gasteiger partial charge on any atom is 0.239 e. The molecule has 2 saturated heterocycles. The number of nitrogens with zero attached hydrogens (tertiary/aromatic N) is 5. The summed E-state index contributed by atoms with van der Waals surface area (Å²) in [7, 11) is 2.15. The van der Waals surface area contributed by atoms with E-state index in [-0.39, 0.29) is 6.04 Å². The molecule has 0 aliphatic carbocycles. The molecule has 2 aliphatic rings. The highest BCUT2D eigenvalue weighted by Gasteiger charge is 2.30. The first-order valence-electron chi connectivity index (χ1n) is 12.3. The zero-order chi connectivity index (χ0) is 22.9. The number of hydrogen-bond acceptors (Lipinski definition) is 4. The van der Waals surface area contributed by atoms with Crippen molar-refractivity contribution in [3.05, 3.63) is 35.4 Å². The SMILES string of the molecule is CCNC(=NCc1cccc(CN(C)CC)c1)N1CCN(C(C)C(=O)N2CCCC2)CC1. The van der Waals surface area contributed by atoms with Crippen LogP contribution in [-0.4, -0.2) is 96.9 Å². The van der Waals surface area contributed by atoms with Crippen LogP contribution in [0.15, 0.2) is 29.3 Å². The molecule has 2 heterocycles. The van der Waals surface area contributed by atoms with Crippen LogP contribution in [0.3, 0.4) is 0 Å². The minimum Gasteiger partial charge on any atom is -0.357 e. The first kappa shape index (κ1) is 24.5. The maximum absolute atomic E-state index is 12.8. The Labute approximate surface area is 194 Å². The highest BCUT2D eigenvalue weighted by molar-refractivity contribution is 5.82. The highest BCUT2D eigenvalue weighted by Crippen LogP contribution is 2.14. The molecule has 3 rings (SSSR count). The van der Waals surface area contributed by atoms with Gasteiger partial charge in [-0.3, -0.25) is 9.69 Å². The molecule has 7 heteroatoms. The fraction of sp³-hybridized carbons (Fsp3) is 0.680. The molecule has 2 fully saturated rings. The predicted molar refractivity (Wildman–Crippen MR) is 132 cm³/mol. The van der Waals surface area contributed by atoms with E-state index in [1.807, 2.05) is 4.90 Å². The van der Waals surface area contributed by atoms with E-state index >= 15 is 0 Å². The molecule has 0 bridgehead atoms. The van der Waals surface area contributed by atoms with Gasteiger partial charge in [-0.05, 0) is 51.4 Å². The Morgan fingerprint density at radius 1 is 1.06 bits per heavy atom. The molecule has 32 heavy (non-hydrogen) atoms. The van der Waals surface area contributed by atoms with Gasteiger partial charge in [-0.2, -0.15) is 0 Å². The lowest BCUT2D eigenvalue weighted by molar-refractivity contribution is -0.135. The van der Waals surface area contributed by atoms with Crippen LogP contribution in [0.4, 0.5) is 0 Å². The lowest BCUT2D eigenvalue weighted by atomic mass is 10.1. The van der Waals surface area contributed by atoms with Gasteiger partial charge in [0.05, 0.1) is 12.6 Å². The van der Waals surface area contributed by atoms with Gasteiger partial charge in [0.1, 0.15) is 0 Å². The molecule has 1 amide bonds. The average Bonchev–Trinajstić information content (AvgIpc) is 3.36. The normalized spacial score (nSPS) is 19.0. The summed E-state index contributed by atoms with van der Waals surface area (Å²) < 4.78 is 0. The van der Waals surface area contributed by atoms with Crippen molar-refractivity contribution in [3.63, 3.8) is 0 Å². The second kappa shape index (κ2) is 12.2. The average molecular weight is 443 g/mol. The Morgan fingerprint density at radius 3 is 2.41 bits per heavy atom. The third kappa shape index (κ3) is 6.69. The van der Waals surface area contributed by atoms with Crippen LogP contribution in [0.1, 0.15) is 44.7 Å². The molecule has 1 atom stereocenters. The van der Waals surface area contributed by atoms with Crippen molar-refractivity contribution in [2.75, 3.05) is 59.4 Å². The summed E-state index contributed by atoms with van der Waals surface area (Å²) in [5.41, 5.74) is 2.57. The van der Waals surface area contributed by atoms with E-state index in [9.17, 15) is 4.79 Å². The Balaban J connectivity index is 1.56. The summed E-state index contributed by atoms with van der Waals surface area (Å²) in [6.07, 6.45) is 2.29. The topological polar surface area (TPSA) is 54.4 Å². The Bertz CT molecular complexity index is 753. The van der Waals surface area contributed by atoms with Gasteiger partial charge in [-0.15, -0.1) is 0 Å². The molecule has 0 radical (unpaired) electrons. The Hall–Kier alpha value is -2.12. The van der Waals surface area contributed by atoms with E-state index < -0.39 is 0 Å².